The van der Waals surface area contributed by atoms with E-state index in [0.29, 0.717) is 0 Å². The third-order valence-electron chi connectivity index (χ3n) is 3.01. The molecular weight excluding hydrogens is 263 g/mol. The highest BCUT2D eigenvalue weighted by Gasteiger charge is 2.05. The van der Waals surface area contributed by atoms with Gasteiger partial charge in [0.1, 0.15) is 5.82 Å². The van der Waals surface area contributed by atoms with E-state index in [4.69, 9.17) is 11.6 Å². The summed E-state index contributed by atoms with van der Waals surface area (Å²) in [4.78, 5) is 3.18. The third-order valence-corrected chi connectivity index (χ3v) is 3.30. The number of halogens is 2. The number of rotatable bonds is 2. The van der Waals surface area contributed by atoms with Crippen molar-refractivity contribution in [3.05, 3.63) is 59.0 Å². The van der Waals surface area contributed by atoms with Crippen molar-refractivity contribution in [2.75, 3.05) is 5.32 Å². The molecule has 2 aromatic carbocycles. The van der Waals surface area contributed by atoms with Crippen LogP contribution < -0.4 is 5.32 Å². The molecule has 0 fully saturated rings. The molecule has 1 heterocycles. The van der Waals surface area contributed by atoms with Crippen LogP contribution >= 0.6 is 11.6 Å². The van der Waals surface area contributed by atoms with E-state index in [2.05, 4.69) is 16.4 Å². The summed E-state index contributed by atoms with van der Waals surface area (Å²) in [6.45, 7) is 2.03. The van der Waals surface area contributed by atoms with E-state index in [1.54, 1.807) is 12.1 Å². The fourth-order valence-electron chi connectivity index (χ4n) is 2.14. The molecule has 1 aromatic heterocycles. The Balaban J connectivity index is 2.04. The Morgan fingerprint density at radius 1 is 1.16 bits per heavy atom. The summed E-state index contributed by atoms with van der Waals surface area (Å²) in [6.07, 6.45) is 1.90. The van der Waals surface area contributed by atoms with Crippen molar-refractivity contribution in [1.82, 2.24) is 4.98 Å². The van der Waals surface area contributed by atoms with Crippen LogP contribution in [-0.4, -0.2) is 4.98 Å². The molecule has 0 spiro atoms. The Hall–Kier alpha value is -2.00. The number of aromatic nitrogens is 1. The molecule has 2 N–H and O–H groups in total. The monoisotopic (exact) mass is 274 g/mol. The normalized spacial score (nSPS) is 10.9. The maximum Gasteiger partial charge on any atom is 0.141 e. The van der Waals surface area contributed by atoms with Crippen LogP contribution in [0, 0.1) is 12.7 Å². The number of nitrogens with one attached hydrogen (secondary N) is 2. The predicted octanol–water partition coefficient (Wildman–Crippen LogP) is 5.01. The molecule has 4 heteroatoms. The lowest BCUT2D eigenvalue weighted by Crippen LogP contribution is -1.92. The third kappa shape index (κ3) is 2.29. The fraction of sp³-hybridized carbons (Fsp3) is 0.0667. The van der Waals surface area contributed by atoms with Gasteiger partial charge in [-0.3, -0.25) is 0 Å². The van der Waals surface area contributed by atoms with E-state index in [-0.39, 0.29) is 5.02 Å². The maximum atomic E-state index is 13.1. The summed E-state index contributed by atoms with van der Waals surface area (Å²) in [5, 5.41) is 4.47. The van der Waals surface area contributed by atoms with Crippen LogP contribution in [0.15, 0.2) is 42.6 Å². The van der Waals surface area contributed by atoms with Gasteiger partial charge in [0.25, 0.3) is 0 Å². The molecule has 0 aliphatic rings. The Morgan fingerprint density at radius 2 is 2.00 bits per heavy atom. The Kier molecular flexibility index (Phi) is 2.91. The number of aryl methyl sites for hydroxylation is 1. The van der Waals surface area contributed by atoms with Crippen LogP contribution in [0.4, 0.5) is 15.8 Å². The lowest BCUT2D eigenvalue weighted by Gasteiger charge is -2.10. The maximum absolute atomic E-state index is 13.1. The van der Waals surface area contributed by atoms with E-state index in [0.717, 1.165) is 27.8 Å². The largest absolute Gasteiger partial charge is 0.361 e. The molecule has 96 valence electrons. The van der Waals surface area contributed by atoms with E-state index in [1.165, 1.54) is 6.07 Å². The topological polar surface area (TPSA) is 27.8 Å². The van der Waals surface area contributed by atoms with Crippen molar-refractivity contribution in [3.63, 3.8) is 0 Å². The van der Waals surface area contributed by atoms with Gasteiger partial charge in [-0.2, -0.15) is 0 Å². The first kappa shape index (κ1) is 12.1. The smallest absolute Gasteiger partial charge is 0.141 e. The van der Waals surface area contributed by atoms with E-state index in [9.17, 15) is 4.39 Å². The average molecular weight is 275 g/mol. The highest BCUT2D eigenvalue weighted by Crippen LogP contribution is 2.29. The SMILES string of the molecule is Cc1cc(Nc2ccc(F)c(Cl)c2)c2cc[nH]c2c1. The predicted molar refractivity (Wildman–Crippen MR) is 77.7 cm³/mol. The second kappa shape index (κ2) is 4.59. The van der Waals surface area contributed by atoms with Gasteiger partial charge in [0.2, 0.25) is 0 Å². The molecule has 3 rings (SSSR count). The summed E-state index contributed by atoms with van der Waals surface area (Å²) in [5.41, 5.74) is 3.94. The number of fused-ring (bicyclic) bond motifs is 1. The van der Waals surface area contributed by atoms with Crippen LogP contribution in [-0.2, 0) is 0 Å². The van der Waals surface area contributed by atoms with Gasteiger partial charge in [0.05, 0.1) is 5.02 Å². The zero-order chi connectivity index (χ0) is 13.4. The molecule has 2 nitrogen and oxygen atoms in total. The fourth-order valence-corrected chi connectivity index (χ4v) is 2.32. The van der Waals surface area contributed by atoms with Crippen LogP contribution in [0.25, 0.3) is 10.9 Å². The first-order valence-corrected chi connectivity index (χ1v) is 6.31. The van der Waals surface area contributed by atoms with Gasteiger partial charge in [-0.25, -0.2) is 4.39 Å². The van der Waals surface area contributed by atoms with Crippen LogP contribution in [0.2, 0.25) is 5.02 Å². The molecule has 19 heavy (non-hydrogen) atoms. The lowest BCUT2D eigenvalue weighted by atomic mass is 10.1. The number of hydrogen-bond acceptors (Lipinski definition) is 1. The Bertz CT molecular complexity index is 749. The summed E-state index contributed by atoms with van der Waals surface area (Å²) < 4.78 is 13.1. The van der Waals surface area contributed by atoms with E-state index in [1.807, 2.05) is 25.3 Å². The van der Waals surface area contributed by atoms with E-state index < -0.39 is 5.82 Å². The molecule has 0 aliphatic heterocycles. The van der Waals surface area contributed by atoms with Crippen LogP contribution in [0.1, 0.15) is 5.56 Å². The molecule has 0 unspecified atom stereocenters. The van der Waals surface area contributed by atoms with Crippen molar-refractivity contribution in [2.45, 2.75) is 6.92 Å². The molecule has 3 aromatic rings. The van der Waals surface area contributed by atoms with Crippen LogP contribution in [0.5, 0.6) is 0 Å². The zero-order valence-electron chi connectivity index (χ0n) is 10.3. The zero-order valence-corrected chi connectivity index (χ0v) is 11.1. The summed E-state index contributed by atoms with van der Waals surface area (Å²) >= 11 is 5.79. The Morgan fingerprint density at radius 3 is 2.79 bits per heavy atom. The highest BCUT2D eigenvalue weighted by molar-refractivity contribution is 6.31. The minimum absolute atomic E-state index is 0.114. The molecule has 0 amide bonds. The van der Waals surface area contributed by atoms with Gasteiger partial charge < -0.3 is 10.3 Å². The molecular formula is C15H12ClFN2. The van der Waals surface area contributed by atoms with Crippen molar-refractivity contribution in [1.29, 1.82) is 0 Å². The molecule has 0 saturated carbocycles. The van der Waals surface area contributed by atoms with Crippen molar-refractivity contribution >= 4 is 33.9 Å². The Labute approximate surface area is 115 Å². The van der Waals surface area contributed by atoms with Gasteiger partial charge in [0, 0.05) is 28.5 Å². The highest BCUT2D eigenvalue weighted by atomic mass is 35.5. The van der Waals surface area contributed by atoms with E-state index >= 15 is 0 Å². The summed E-state index contributed by atoms with van der Waals surface area (Å²) in [7, 11) is 0. The standard InChI is InChI=1S/C15H12ClFN2/c1-9-6-14-11(4-5-18-14)15(7-9)19-10-2-3-13(17)12(16)8-10/h2-8,18-19H,1H3. The molecule has 0 saturated heterocycles. The minimum Gasteiger partial charge on any atom is -0.361 e. The quantitative estimate of drug-likeness (QED) is 0.675. The number of aromatic amines is 1. The second-order valence-electron chi connectivity index (χ2n) is 4.51. The number of anilines is 2. The second-order valence-corrected chi connectivity index (χ2v) is 4.91. The average Bonchev–Trinajstić information content (AvgIpc) is 2.82. The number of hydrogen-bond donors (Lipinski definition) is 2. The molecule has 0 bridgehead atoms. The van der Waals surface area contributed by atoms with Crippen molar-refractivity contribution in [3.8, 4) is 0 Å². The molecule has 0 radical (unpaired) electrons. The molecule has 0 atom stereocenters. The number of benzene rings is 2. The van der Waals surface area contributed by atoms with Gasteiger partial charge in [-0.15, -0.1) is 0 Å². The lowest BCUT2D eigenvalue weighted by molar-refractivity contribution is 0.628. The van der Waals surface area contributed by atoms with Crippen molar-refractivity contribution < 1.29 is 4.39 Å². The van der Waals surface area contributed by atoms with Gasteiger partial charge >= 0.3 is 0 Å². The molecule has 0 aliphatic carbocycles. The van der Waals surface area contributed by atoms with Gasteiger partial charge in [-0.1, -0.05) is 11.6 Å². The van der Waals surface area contributed by atoms with Gasteiger partial charge in [0.15, 0.2) is 0 Å². The minimum atomic E-state index is -0.414. The summed E-state index contributed by atoms with van der Waals surface area (Å²) in [6, 6.07) is 10.7. The van der Waals surface area contributed by atoms with Gasteiger partial charge in [-0.05, 0) is 48.9 Å². The van der Waals surface area contributed by atoms with Crippen LogP contribution in [0.3, 0.4) is 0 Å². The number of H-pyrrole nitrogens is 1. The first-order valence-electron chi connectivity index (χ1n) is 5.93. The van der Waals surface area contributed by atoms with Crippen molar-refractivity contribution in [2.24, 2.45) is 0 Å². The first-order chi connectivity index (χ1) is 9.13. The summed E-state index contributed by atoms with van der Waals surface area (Å²) in [5.74, 6) is -0.414.